The van der Waals surface area contributed by atoms with E-state index >= 15 is 0 Å². The maximum Gasteiger partial charge on any atom is 0.223 e. The lowest BCUT2D eigenvalue weighted by molar-refractivity contribution is -0.141. The van der Waals surface area contributed by atoms with E-state index < -0.39 is 0 Å². The van der Waals surface area contributed by atoms with Crippen LogP contribution in [-0.2, 0) is 4.79 Å². The van der Waals surface area contributed by atoms with Gasteiger partial charge in [-0.05, 0) is 24.0 Å². The van der Waals surface area contributed by atoms with Crippen LogP contribution in [-0.4, -0.2) is 22.5 Å². The fourth-order valence-corrected chi connectivity index (χ4v) is 3.31. The molecule has 1 amide bonds. The highest BCUT2D eigenvalue weighted by molar-refractivity contribution is 5.78. The number of benzene rings is 2. The summed E-state index contributed by atoms with van der Waals surface area (Å²) in [6.07, 6.45) is 2.41. The Labute approximate surface area is 131 Å². The van der Waals surface area contributed by atoms with E-state index in [9.17, 15) is 9.90 Å². The molecule has 1 aliphatic heterocycles. The van der Waals surface area contributed by atoms with Crippen LogP contribution in [0.3, 0.4) is 0 Å². The molecule has 1 fully saturated rings. The van der Waals surface area contributed by atoms with Gasteiger partial charge >= 0.3 is 0 Å². The summed E-state index contributed by atoms with van der Waals surface area (Å²) in [5, 5.41) is 9.92. The Balaban J connectivity index is 1.97. The molecule has 1 heterocycles. The number of aliphatic hydroxyl groups is 1. The average molecular weight is 295 g/mol. The molecule has 0 spiro atoms. The van der Waals surface area contributed by atoms with Gasteiger partial charge in [-0.1, -0.05) is 60.7 Å². The van der Waals surface area contributed by atoms with Gasteiger partial charge in [0.05, 0.1) is 18.7 Å². The lowest BCUT2D eigenvalue weighted by atomic mass is 9.91. The van der Waals surface area contributed by atoms with E-state index in [4.69, 9.17) is 0 Å². The van der Waals surface area contributed by atoms with Gasteiger partial charge in [0.15, 0.2) is 0 Å². The smallest absolute Gasteiger partial charge is 0.223 e. The number of nitrogens with zero attached hydrogens (tertiary/aromatic N) is 1. The normalized spacial score (nSPS) is 20.0. The minimum Gasteiger partial charge on any atom is -0.394 e. The van der Waals surface area contributed by atoms with Crippen molar-refractivity contribution in [3.63, 3.8) is 0 Å². The summed E-state index contributed by atoms with van der Waals surface area (Å²) in [7, 11) is 0. The third-order valence-corrected chi connectivity index (χ3v) is 4.37. The number of carbonyl (C=O) groups excluding carboxylic acids is 1. The number of carbonyl (C=O) groups is 1. The number of piperidine rings is 1. The number of hydrogen-bond acceptors (Lipinski definition) is 2. The zero-order valence-corrected chi connectivity index (χ0v) is 12.6. The zero-order chi connectivity index (χ0) is 15.4. The van der Waals surface area contributed by atoms with Crippen LogP contribution >= 0.6 is 0 Å². The third kappa shape index (κ3) is 2.90. The molecule has 0 radical (unpaired) electrons. The highest BCUT2D eigenvalue weighted by Crippen LogP contribution is 2.37. The van der Waals surface area contributed by atoms with Crippen molar-refractivity contribution in [1.29, 1.82) is 0 Å². The number of likely N-dealkylation sites (tertiary alicyclic amines) is 1. The van der Waals surface area contributed by atoms with Crippen LogP contribution < -0.4 is 0 Å². The lowest BCUT2D eigenvalue weighted by Crippen LogP contribution is -2.42. The summed E-state index contributed by atoms with van der Waals surface area (Å²) < 4.78 is 0. The van der Waals surface area contributed by atoms with Crippen molar-refractivity contribution in [2.75, 3.05) is 6.61 Å². The molecule has 0 aromatic heterocycles. The van der Waals surface area contributed by atoms with Crippen LogP contribution in [0.1, 0.15) is 42.5 Å². The Morgan fingerprint density at radius 2 is 1.68 bits per heavy atom. The molecule has 2 aromatic carbocycles. The van der Waals surface area contributed by atoms with Gasteiger partial charge in [-0.25, -0.2) is 0 Å². The first-order valence-electron chi connectivity index (χ1n) is 7.83. The van der Waals surface area contributed by atoms with Crippen molar-refractivity contribution in [3.8, 4) is 0 Å². The Hall–Kier alpha value is -2.13. The molecule has 1 saturated heterocycles. The highest BCUT2D eigenvalue weighted by Gasteiger charge is 2.34. The van der Waals surface area contributed by atoms with Crippen LogP contribution in [0.25, 0.3) is 0 Å². The van der Waals surface area contributed by atoms with Crippen molar-refractivity contribution < 1.29 is 9.90 Å². The summed E-state index contributed by atoms with van der Waals surface area (Å²) in [5.41, 5.74) is 2.13. The summed E-state index contributed by atoms with van der Waals surface area (Å²) in [6, 6.07) is 19.7. The van der Waals surface area contributed by atoms with E-state index in [-0.39, 0.29) is 24.6 Å². The standard InChI is InChI=1S/C19H21NO2/c21-14-18(16-10-5-2-6-11-16)20-17(12-7-13-19(20)22)15-8-3-1-4-9-15/h1-6,8-11,17-18,21H,7,12-14H2/t17-,18+/m1/s1. The van der Waals surface area contributed by atoms with Crippen molar-refractivity contribution in [1.82, 2.24) is 4.90 Å². The number of rotatable bonds is 4. The van der Waals surface area contributed by atoms with Crippen LogP contribution in [0, 0.1) is 0 Å². The second-order valence-corrected chi connectivity index (χ2v) is 5.73. The topological polar surface area (TPSA) is 40.5 Å². The second-order valence-electron chi connectivity index (χ2n) is 5.73. The molecule has 2 atom stereocenters. The van der Waals surface area contributed by atoms with Gasteiger partial charge in [-0.3, -0.25) is 4.79 Å². The summed E-state index contributed by atoms with van der Waals surface area (Å²) in [6.45, 7) is -0.0565. The van der Waals surface area contributed by atoms with Crippen molar-refractivity contribution in [2.24, 2.45) is 0 Å². The maximum atomic E-state index is 12.6. The number of amides is 1. The van der Waals surface area contributed by atoms with E-state index in [2.05, 4.69) is 12.1 Å². The zero-order valence-electron chi connectivity index (χ0n) is 12.6. The van der Waals surface area contributed by atoms with Crippen LogP contribution in [0.4, 0.5) is 0 Å². The van der Waals surface area contributed by atoms with E-state index in [1.54, 1.807) is 0 Å². The van der Waals surface area contributed by atoms with E-state index in [0.717, 1.165) is 24.0 Å². The molecule has 0 bridgehead atoms. The molecule has 1 aliphatic rings. The second kappa shape index (κ2) is 6.75. The molecule has 22 heavy (non-hydrogen) atoms. The van der Waals surface area contributed by atoms with Gasteiger partial charge in [0, 0.05) is 6.42 Å². The maximum absolute atomic E-state index is 12.6. The minimum atomic E-state index is -0.279. The van der Waals surface area contributed by atoms with Gasteiger partial charge in [0.1, 0.15) is 0 Å². The molecule has 3 nitrogen and oxygen atoms in total. The average Bonchev–Trinajstić information content (AvgIpc) is 2.59. The first-order chi connectivity index (χ1) is 10.8. The van der Waals surface area contributed by atoms with Crippen LogP contribution in [0.5, 0.6) is 0 Å². The fraction of sp³-hybridized carbons (Fsp3) is 0.316. The summed E-state index contributed by atoms with van der Waals surface area (Å²) in [4.78, 5) is 14.4. The van der Waals surface area contributed by atoms with Crippen LogP contribution in [0.15, 0.2) is 60.7 Å². The fourth-order valence-electron chi connectivity index (χ4n) is 3.31. The first-order valence-corrected chi connectivity index (χ1v) is 7.83. The Kier molecular flexibility index (Phi) is 4.54. The van der Waals surface area contributed by atoms with E-state index in [1.165, 1.54) is 0 Å². The lowest BCUT2D eigenvalue weighted by Gasteiger charge is -2.41. The van der Waals surface area contributed by atoms with Gasteiger partial charge in [0.25, 0.3) is 0 Å². The van der Waals surface area contributed by atoms with Crippen LogP contribution in [0.2, 0.25) is 0 Å². The van der Waals surface area contributed by atoms with Crippen molar-refractivity contribution >= 4 is 5.91 Å². The molecule has 0 saturated carbocycles. The van der Waals surface area contributed by atoms with Crippen molar-refractivity contribution in [3.05, 3.63) is 71.8 Å². The largest absolute Gasteiger partial charge is 0.394 e. The first kappa shape index (κ1) is 14.8. The molecule has 2 aromatic rings. The molecule has 3 heteroatoms. The van der Waals surface area contributed by atoms with E-state index in [1.807, 2.05) is 53.4 Å². The molecule has 0 aliphatic carbocycles. The molecule has 3 rings (SSSR count). The predicted molar refractivity (Wildman–Crippen MR) is 86.1 cm³/mol. The molecule has 1 N–H and O–H groups in total. The SMILES string of the molecule is O=C1CCC[C@H](c2ccccc2)N1[C@@H](CO)c1ccccc1. The van der Waals surface area contributed by atoms with Gasteiger partial charge in [-0.2, -0.15) is 0 Å². The van der Waals surface area contributed by atoms with Gasteiger partial charge < -0.3 is 10.0 Å². The van der Waals surface area contributed by atoms with Gasteiger partial charge in [-0.15, -0.1) is 0 Å². The minimum absolute atomic E-state index is 0.0415. The van der Waals surface area contributed by atoms with E-state index in [0.29, 0.717) is 6.42 Å². The third-order valence-electron chi connectivity index (χ3n) is 4.37. The van der Waals surface area contributed by atoms with Crippen molar-refractivity contribution in [2.45, 2.75) is 31.3 Å². The highest BCUT2D eigenvalue weighted by atomic mass is 16.3. The molecular formula is C19H21NO2. The monoisotopic (exact) mass is 295 g/mol. The summed E-state index contributed by atoms with van der Waals surface area (Å²) in [5.74, 6) is 0.128. The Bertz CT molecular complexity index is 570. The summed E-state index contributed by atoms with van der Waals surface area (Å²) >= 11 is 0. The Morgan fingerprint density at radius 1 is 1.05 bits per heavy atom. The van der Waals surface area contributed by atoms with Gasteiger partial charge in [0.2, 0.25) is 5.91 Å². The molecular weight excluding hydrogens is 274 g/mol. The number of aliphatic hydroxyl groups excluding tert-OH is 1. The Morgan fingerprint density at radius 3 is 2.32 bits per heavy atom. The molecule has 114 valence electrons. The predicted octanol–water partition coefficient (Wildman–Crippen LogP) is 3.47. The molecule has 0 unspecified atom stereocenters. The number of hydrogen-bond donors (Lipinski definition) is 1. The quantitative estimate of drug-likeness (QED) is 0.938.